The minimum absolute atomic E-state index is 0.0842. The number of para-hydroxylation sites is 1. The molecule has 0 amide bonds. The summed E-state index contributed by atoms with van der Waals surface area (Å²) in [6.45, 7) is 1.97. The lowest BCUT2D eigenvalue weighted by Crippen LogP contribution is -2.11. The average Bonchev–Trinajstić information content (AvgIpc) is 2.54. The minimum atomic E-state index is -0.0842. The first-order valence-corrected chi connectivity index (χ1v) is 7.91. The SMILES string of the molecule is COc1ccc(SCc2nc3c(C)cccc3c(=O)[nH]2)cc1. The molecule has 0 aliphatic heterocycles. The van der Waals surface area contributed by atoms with E-state index < -0.39 is 0 Å². The van der Waals surface area contributed by atoms with Crippen molar-refractivity contribution >= 4 is 22.7 Å². The second-order valence-electron chi connectivity index (χ2n) is 4.95. The maximum atomic E-state index is 12.1. The number of aryl methyl sites for hydroxylation is 1. The highest BCUT2D eigenvalue weighted by Crippen LogP contribution is 2.24. The first kappa shape index (κ1) is 14.7. The third kappa shape index (κ3) is 2.99. The normalized spacial score (nSPS) is 10.8. The first-order chi connectivity index (χ1) is 10.7. The van der Waals surface area contributed by atoms with Gasteiger partial charge in [0.05, 0.1) is 23.8 Å². The molecule has 0 bridgehead atoms. The van der Waals surface area contributed by atoms with E-state index in [2.05, 4.69) is 9.97 Å². The van der Waals surface area contributed by atoms with Crippen LogP contribution in [0.2, 0.25) is 0 Å². The number of fused-ring (bicyclic) bond motifs is 1. The Morgan fingerprint density at radius 1 is 1.18 bits per heavy atom. The van der Waals surface area contributed by atoms with Crippen LogP contribution in [0.15, 0.2) is 52.2 Å². The number of hydrogen-bond donors (Lipinski definition) is 1. The summed E-state index contributed by atoms with van der Waals surface area (Å²) in [7, 11) is 1.65. The molecule has 2 aromatic carbocycles. The van der Waals surface area contributed by atoms with E-state index >= 15 is 0 Å². The molecule has 1 heterocycles. The van der Waals surface area contributed by atoms with Crippen LogP contribution in [-0.4, -0.2) is 17.1 Å². The standard InChI is InChI=1S/C17H16N2O2S/c1-11-4-3-5-14-16(11)18-15(19-17(14)20)10-22-13-8-6-12(21-2)7-9-13/h3-9H,10H2,1-2H3,(H,18,19,20). The second-order valence-corrected chi connectivity index (χ2v) is 6.00. The fourth-order valence-corrected chi connectivity index (χ4v) is 3.01. The van der Waals surface area contributed by atoms with Gasteiger partial charge in [0.2, 0.25) is 0 Å². The predicted octanol–water partition coefficient (Wildman–Crippen LogP) is 3.53. The van der Waals surface area contributed by atoms with Crippen molar-refractivity contribution in [2.45, 2.75) is 17.6 Å². The molecule has 5 heteroatoms. The molecule has 0 saturated carbocycles. The third-order valence-corrected chi connectivity index (χ3v) is 4.45. The van der Waals surface area contributed by atoms with Crippen molar-refractivity contribution < 1.29 is 4.74 Å². The molecule has 3 rings (SSSR count). The molecule has 0 aliphatic carbocycles. The van der Waals surface area contributed by atoms with E-state index in [1.807, 2.05) is 43.3 Å². The molecule has 0 radical (unpaired) electrons. The Kier molecular flexibility index (Phi) is 4.15. The summed E-state index contributed by atoms with van der Waals surface area (Å²) in [5.74, 6) is 2.14. The van der Waals surface area contributed by atoms with Gasteiger partial charge in [0, 0.05) is 4.90 Å². The zero-order valence-corrected chi connectivity index (χ0v) is 13.2. The van der Waals surface area contributed by atoms with Crippen LogP contribution < -0.4 is 10.3 Å². The van der Waals surface area contributed by atoms with Gasteiger partial charge in [-0.25, -0.2) is 4.98 Å². The number of ether oxygens (including phenoxy) is 1. The van der Waals surface area contributed by atoms with Gasteiger partial charge in [-0.2, -0.15) is 0 Å². The number of aromatic nitrogens is 2. The molecule has 22 heavy (non-hydrogen) atoms. The fourth-order valence-electron chi connectivity index (χ4n) is 2.24. The molecule has 0 aliphatic rings. The third-order valence-electron chi connectivity index (χ3n) is 3.42. The highest BCUT2D eigenvalue weighted by Gasteiger charge is 2.06. The van der Waals surface area contributed by atoms with Gasteiger partial charge in [0.15, 0.2) is 0 Å². The first-order valence-electron chi connectivity index (χ1n) is 6.93. The fraction of sp³-hybridized carbons (Fsp3) is 0.176. The number of nitrogens with zero attached hydrogens (tertiary/aromatic N) is 1. The Hall–Kier alpha value is -2.27. The summed E-state index contributed by atoms with van der Waals surface area (Å²) in [5, 5.41) is 0.637. The van der Waals surface area contributed by atoms with Gasteiger partial charge in [0.25, 0.3) is 5.56 Å². The summed E-state index contributed by atoms with van der Waals surface area (Å²) in [5.41, 5.74) is 1.70. The molecule has 0 spiro atoms. The van der Waals surface area contributed by atoms with E-state index in [-0.39, 0.29) is 5.56 Å². The van der Waals surface area contributed by atoms with E-state index in [9.17, 15) is 4.79 Å². The summed E-state index contributed by atoms with van der Waals surface area (Å²) >= 11 is 1.63. The Morgan fingerprint density at radius 2 is 1.95 bits per heavy atom. The minimum Gasteiger partial charge on any atom is -0.497 e. The van der Waals surface area contributed by atoms with Gasteiger partial charge in [-0.3, -0.25) is 4.79 Å². The van der Waals surface area contributed by atoms with Gasteiger partial charge in [0.1, 0.15) is 11.6 Å². The molecule has 1 aromatic heterocycles. The summed E-state index contributed by atoms with van der Waals surface area (Å²) < 4.78 is 5.14. The van der Waals surface area contributed by atoms with E-state index in [1.165, 1.54) is 0 Å². The summed E-state index contributed by atoms with van der Waals surface area (Å²) in [6, 6.07) is 13.5. The average molecular weight is 312 g/mol. The number of nitrogens with one attached hydrogen (secondary N) is 1. The van der Waals surface area contributed by atoms with Crippen molar-refractivity contribution in [3.63, 3.8) is 0 Å². The molecule has 0 unspecified atom stereocenters. The van der Waals surface area contributed by atoms with Crippen LogP contribution in [0.25, 0.3) is 10.9 Å². The number of aromatic amines is 1. The van der Waals surface area contributed by atoms with Crippen molar-refractivity contribution in [1.82, 2.24) is 9.97 Å². The maximum absolute atomic E-state index is 12.1. The Labute approximate surface area is 132 Å². The monoisotopic (exact) mass is 312 g/mol. The number of methoxy groups -OCH3 is 1. The molecular formula is C17H16N2O2S. The lowest BCUT2D eigenvalue weighted by atomic mass is 10.1. The lowest BCUT2D eigenvalue weighted by Gasteiger charge is -2.06. The topological polar surface area (TPSA) is 55.0 Å². The van der Waals surface area contributed by atoms with Gasteiger partial charge in [-0.05, 0) is 42.8 Å². The number of thioether (sulfide) groups is 1. The zero-order valence-electron chi connectivity index (χ0n) is 12.4. The quantitative estimate of drug-likeness (QED) is 0.749. The molecule has 3 aromatic rings. The summed E-state index contributed by atoms with van der Waals surface area (Å²) in [6.07, 6.45) is 0. The van der Waals surface area contributed by atoms with Crippen LogP contribution in [-0.2, 0) is 5.75 Å². The Balaban J connectivity index is 1.84. The van der Waals surface area contributed by atoms with Gasteiger partial charge >= 0.3 is 0 Å². The van der Waals surface area contributed by atoms with Gasteiger partial charge in [-0.15, -0.1) is 11.8 Å². The molecule has 0 saturated heterocycles. The Morgan fingerprint density at radius 3 is 2.68 bits per heavy atom. The van der Waals surface area contributed by atoms with Crippen LogP contribution in [0.5, 0.6) is 5.75 Å². The van der Waals surface area contributed by atoms with Gasteiger partial charge in [-0.1, -0.05) is 12.1 Å². The van der Waals surface area contributed by atoms with E-state index in [1.54, 1.807) is 24.9 Å². The van der Waals surface area contributed by atoms with Crippen LogP contribution in [0.3, 0.4) is 0 Å². The Bertz CT molecular complexity index is 857. The van der Waals surface area contributed by atoms with Crippen LogP contribution in [0.1, 0.15) is 11.4 Å². The van der Waals surface area contributed by atoms with E-state index in [0.29, 0.717) is 17.0 Å². The molecular weight excluding hydrogens is 296 g/mol. The van der Waals surface area contributed by atoms with Crippen LogP contribution >= 0.6 is 11.8 Å². The maximum Gasteiger partial charge on any atom is 0.258 e. The smallest absolute Gasteiger partial charge is 0.258 e. The predicted molar refractivity (Wildman–Crippen MR) is 89.7 cm³/mol. The molecule has 0 atom stereocenters. The van der Waals surface area contributed by atoms with Crippen molar-refractivity contribution in [3.05, 3.63) is 64.2 Å². The largest absolute Gasteiger partial charge is 0.497 e. The molecule has 4 nitrogen and oxygen atoms in total. The molecule has 0 fully saturated rings. The second kappa shape index (κ2) is 6.23. The molecule has 1 N–H and O–H groups in total. The van der Waals surface area contributed by atoms with E-state index in [4.69, 9.17) is 4.74 Å². The van der Waals surface area contributed by atoms with Crippen LogP contribution in [0.4, 0.5) is 0 Å². The summed E-state index contributed by atoms with van der Waals surface area (Å²) in [4.78, 5) is 20.7. The number of benzene rings is 2. The van der Waals surface area contributed by atoms with Crippen molar-refractivity contribution in [1.29, 1.82) is 0 Å². The van der Waals surface area contributed by atoms with Crippen molar-refractivity contribution in [3.8, 4) is 5.75 Å². The van der Waals surface area contributed by atoms with Crippen LogP contribution in [0, 0.1) is 6.92 Å². The van der Waals surface area contributed by atoms with Crippen molar-refractivity contribution in [2.75, 3.05) is 7.11 Å². The highest BCUT2D eigenvalue weighted by molar-refractivity contribution is 7.98. The number of rotatable bonds is 4. The van der Waals surface area contributed by atoms with Crippen molar-refractivity contribution in [2.24, 2.45) is 0 Å². The highest BCUT2D eigenvalue weighted by atomic mass is 32.2. The lowest BCUT2D eigenvalue weighted by molar-refractivity contribution is 0.414. The van der Waals surface area contributed by atoms with E-state index in [0.717, 1.165) is 21.7 Å². The number of hydrogen-bond acceptors (Lipinski definition) is 4. The zero-order chi connectivity index (χ0) is 15.5. The van der Waals surface area contributed by atoms with Gasteiger partial charge < -0.3 is 9.72 Å². The molecule has 112 valence electrons. The number of H-pyrrole nitrogens is 1.